The van der Waals surface area contributed by atoms with Crippen molar-refractivity contribution in [1.29, 1.82) is 0 Å². The number of amides is 1. The molecule has 0 radical (unpaired) electrons. The monoisotopic (exact) mass is 387 g/mol. The van der Waals surface area contributed by atoms with Gasteiger partial charge in [-0.05, 0) is 16.7 Å². The van der Waals surface area contributed by atoms with Crippen molar-refractivity contribution < 1.29 is 19.1 Å². The minimum absolute atomic E-state index is 0.142. The number of ether oxygens (including phenoxy) is 2. The second-order valence-electron chi connectivity index (χ2n) is 6.84. The van der Waals surface area contributed by atoms with Gasteiger partial charge >= 0.3 is 12.1 Å². The lowest BCUT2D eigenvalue weighted by Gasteiger charge is -2.40. The second kappa shape index (κ2) is 8.61. The molecule has 0 spiro atoms. The van der Waals surface area contributed by atoms with Gasteiger partial charge < -0.3 is 9.47 Å². The molecule has 146 valence electrons. The molecule has 4 rings (SSSR count). The summed E-state index contributed by atoms with van der Waals surface area (Å²) in [6.45, 7) is -0.0146. The molecule has 0 N–H and O–H groups in total. The van der Waals surface area contributed by atoms with Crippen LogP contribution < -0.4 is 0 Å². The molecule has 0 bridgehead atoms. The molecule has 0 saturated carbocycles. The van der Waals surface area contributed by atoms with E-state index in [-0.39, 0.29) is 13.2 Å². The normalized spacial score (nSPS) is 18.8. The third-order valence-corrected chi connectivity index (χ3v) is 4.89. The Balaban J connectivity index is 1.64. The van der Waals surface area contributed by atoms with Crippen LogP contribution in [0.5, 0.6) is 0 Å². The van der Waals surface area contributed by atoms with Crippen LogP contribution in [0.2, 0.25) is 0 Å². The van der Waals surface area contributed by atoms with Crippen molar-refractivity contribution in [3.05, 3.63) is 108 Å². The Kier molecular flexibility index (Phi) is 5.56. The van der Waals surface area contributed by atoms with E-state index in [9.17, 15) is 9.59 Å². The molecular weight excluding hydrogens is 366 g/mol. The molecule has 1 fully saturated rings. The largest absolute Gasteiger partial charge is 0.454 e. The van der Waals surface area contributed by atoms with Crippen LogP contribution in [0.4, 0.5) is 4.79 Å². The highest BCUT2D eigenvalue weighted by molar-refractivity contribution is 5.80. The van der Waals surface area contributed by atoms with Crippen molar-refractivity contribution in [1.82, 2.24) is 4.90 Å². The number of carbonyl (C=O) groups is 2. The summed E-state index contributed by atoms with van der Waals surface area (Å²) in [7, 11) is 0. The van der Waals surface area contributed by atoms with Gasteiger partial charge in [0.2, 0.25) is 0 Å². The Hall–Kier alpha value is -3.60. The summed E-state index contributed by atoms with van der Waals surface area (Å²) in [5, 5.41) is 0. The van der Waals surface area contributed by atoms with Crippen molar-refractivity contribution in [2.75, 3.05) is 6.54 Å². The lowest BCUT2D eigenvalue weighted by molar-refractivity contribution is -0.164. The van der Waals surface area contributed by atoms with Crippen molar-refractivity contribution >= 4 is 12.1 Å². The Morgan fingerprint density at radius 3 is 2.03 bits per heavy atom. The number of hydrogen-bond acceptors (Lipinski definition) is 4. The number of rotatable bonds is 4. The highest BCUT2D eigenvalue weighted by atomic mass is 16.6. The Morgan fingerprint density at radius 1 is 0.862 bits per heavy atom. The first kappa shape index (κ1) is 18.7. The molecule has 1 amide bonds. The highest BCUT2D eigenvalue weighted by Crippen LogP contribution is 2.40. The standard InChI is InChI=1S/C24H21NO4/c26-21-16-25(24(27)28-17-18-10-4-1-5-11-18)22(19-12-6-2-7-13-19)23(29-21)20-14-8-3-9-15-20/h1-15,22-23H,16-17H2/t22-,23+/m0/s1. The van der Waals surface area contributed by atoms with E-state index in [0.717, 1.165) is 16.7 Å². The predicted octanol–water partition coefficient (Wildman–Crippen LogP) is 4.66. The molecule has 1 aliphatic rings. The van der Waals surface area contributed by atoms with E-state index < -0.39 is 24.2 Å². The lowest BCUT2D eigenvalue weighted by atomic mass is 9.93. The minimum Gasteiger partial charge on any atom is -0.454 e. The van der Waals surface area contributed by atoms with Gasteiger partial charge in [0.1, 0.15) is 19.2 Å². The molecule has 2 atom stereocenters. The minimum atomic E-state index is -0.607. The van der Waals surface area contributed by atoms with E-state index in [1.165, 1.54) is 4.90 Å². The van der Waals surface area contributed by atoms with Crippen molar-refractivity contribution in [2.24, 2.45) is 0 Å². The third-order valence-electron chi connectivity index (χ3n) is 4.89. The van der Waals surface area contributed by atoms with Gasteiger partial charge in [-0.25, -0.2) is 4.79 Å². The summed E-state index contributed by atoms with van der Waals surface area (Å²) < 4.78 is 11.2. The van der Waals surface area contributed by atoms with Crippen molar-refractivity contribution in [3.8, 4) is 0 Å². The first-order valence-corrected chi connectivity index (χ1v) is 9.49. The first-order valence-electron chi connectivity index (χ1n) is 9.49. The second-order valence-corrected chi connectivity index (χ2v) is 6.84. The van der Waals surface area contributed by atoms with Crippen molar-refractivity contribution in [2.45, 2.75) is 18.8 Å². The molecule has 3 aromatic carbocycles. The average Bonchev–Trinajstić information content (AvgIpc) is 2.78. The number of cyclic esters (lactones) is 1. The van der Waals surface area contributed by atoms with E-state index >= 15 is 0 Å². The van der Waals surface area contributed by atoms with Gasteiger partial charge in [-0.1, -0.05) is 91.0 Å². The van der Waals surface area contributed by atoms with Crippen LogP contribution in [-0.4, -0.2) is 23.5 Å². The van der Waals surface area contributed by atoms with E-state index in [2.05, 4.69) is 0 Å². The molecule has 5 heteroatoms. The fraction of sp³-hybridized carbons (Fsp3) is 0.167. The van der Waals surface area contributed by atoms with Gasteiger partial charge in [0.05, 0.1) is 0 Å². The van der Waals surface area contributed by atoms with E-state index in [0.29, 0.717) is 0 Å². The summed E-state index contributed by atoms with van der Waals surface area (Å²) in [6, 6.07) is 28.0. The zero-order valence-corrected chi connectivity index (χ0v) is 15.8. The van der Waals surface area contributed by atoms with E-state index in [1.807, 2.05) is 91.0 Å². The number of morpholine rings is 1. The summed E-state index contributed by atoms with van der Waals surface area (Å²) in [5.41, 5.74) is 2.59. The maximum atomic E-state index is 13.0. The molecule has 29 heavy (non-hydrogen) atoms. The van der Waals surface area contributed by atoms with Crippen LogP contribution in [-0.2, 0) is 20.9 Å². The van der Waals surface area contributed by atoms with E-state index in [1.54, 1.807) is 0 Å². The molecule has 0 unspecified atom stereocenters. The zero-order valence-electron chi connectivity index (χ0n) is 15.8. The van der Waals surface area contributed by atoms with Gasteiger partial charge in [0.15, 0.2) is 6.10 Å². The van der Waals surface area contributed by atoms with Crippen LogP contribution in [0, 0.1) is 0 Å². The molecule has 0 aromatic heterocycles. The van der Waals surface area contributed by atoms with Crippen LogP contribution >= 0.6 is 0 Å². The number of esters is 1. The zero-order chi connectivity index (χ0) is 20.1. The lowest BCUT2D eigenvalue weighted by Crippen LogP contribution is -2.47. The molecular formula is C24H21NO4. The number of benzene rings is 3. The smallest absolute Gasteiger partial charge is 0.411 e. The maximum Gasteiger partial charge on any atom is 0.411 e. The molecule has 3 aromatic rings. The van der Waals surface area contributed by atoms with Crippen LogP contribution in [0.3, 0.4) is 0 Å². The van der Waals surface area contributed by atoms with Gasteiger partial charge in [-0.3, -0.25) is 9.69 Å². The fourth-order valence-electron chi connectivity index (χ4n) is 3.52. The number of carbonyl (C=O) groups excluding carboxylic acids is 2. The summed E-state index contributed by atoms with van der Waals surface area (Å²) in [6.07, 6.45) is -1.15. The van der Waals surface area contributed by atoms with Gasteiger partial charge in [0.25, 0.3) is 0 Å². The van der Waals surface area contributed by atoms with Gasteiger partial charge in [-0.2, -0.15) is 0 Å². The maximum absolute atomic E-state index is 13.0. The Labute approximate surface area is 169 Å². The Morgan fingerprint density at radius 2 is 1.41 bits per heavy atom. The summed E-state index contributed by atoms with van der Waals surface area (Å²) in [5.74, 6) is -0.456. The molecule has 5 nitrogen and oxygen atoms in total. The number of nitrogens with zero attached hydrogens (tertiary/aromatic N) is 1. The Bertz CT molecular complexity index is 960. The topological polar surface area (TPSA) is 55.8 Å². The van der Waals surface area contributed by atoms with Crippen LogP contribution in [0.25, 0.3) is 0 Å². The highest BCUT2D eigenvalue weighted by Gasteiger charge is 2.42. The van der Waals surface area contributed by atoms with Crippen LogP contribution in [0.15, 0.2) is 91.0 Å². The van der Waals surface area contributed by atoms with Crippen molar-refractivity contribution in [3.63, 3.8) is 0 Å². The summed E-state index contributed by atoms with van der Waals surface area (Å²) in [4.78, 5) is 26.8. The quantitative estimate of drug-likeness (QED) is 0.611. The van der Waals surface area contributed by atoms with E-state index in [4.69, 9.17) is 9.47 Å². The van der Waals surface area contributed by atoms with Gasteiger partial charge in [-0.15, -0.1) is 0 Å². The molecule has 1 aliphatic heterocycles. The fourth-order valence-corrected chi connectivity index (χ4v) is 3.52. The molecule has 0 aliphatic carbocycles. The first-order chi connectivity index (χ1) is 14.2. The molecule has 1 saturated heterocycles. The summed E-state index contributed by atoms with van der Waals surface area (Å²) >= 11 is 0. The average molecular weight is 387 g/mol. The third kappa shape index (κ3) is 4.29. The van der Waals surface area contributed by atoms with Crippen LogP contribution in [0.1, 0.15) is 28.8 Å². The number of hydrogen-bond donors (Lipinski definition) is 0. The molecule has 1 heterocycles. The van der Waals surface area contributed by atoms with Gasteiger partial charge in [0, 0.05) is 0 Å². The predicted molar refractivity (Wildman–Crippen MR) is 108 cm³/mol. The SMILES string of the molecule is O=C1CN(C(=O)OCc2ccccc2)[C@@H](c2ccccc2)[C@@H](c2ccccc2)O1.